The van der Waals surface area contributed by atoms with Gasteiger partial charge in [0.2, 0.25) is 0 Å². The van der Waals surface area contributed by atoms with E-state index in [4.69, 9.17) is 4.74 Å². The molecule has 0 fully saturated rings. The number of ether oxygens (including phenoxy) is 1. The summed E-state index contributed by atoms with van der Waals surface area (Å²) in [4.78, 5) is 0. The lowest BCUT2D eigenvalue weighted by molar-refractivity contribution is 0.474. The first-order valence-corrected chi connectivity index (χ1v) is 6.63. The summed E-state index contributed by atoms with van der Waals surface area (Å²) in [5.41, 5.74) is 3.58. The fourth-order valence-electron chi connectivity index (χ4n) is 2.07. The van der Waals surface area contributed by atoms with Crippen LogP contribution in [0.3, 0.4) is 0 Å². The number of benzene rings is 2. The Kier molecular flexibility index (Phi) is 4.23. The lowest BCUT2D eigenvalue weighted by Crippen LogP contribution is -2.11. The van der Waals surface area contributed by atoms with Gasteiger partial charge in [0.15, 0.2) is 0 Å². The first kappa shape index (κ1) is 13.6. The van der Waals surface area contributed by atoms with Crippen molar-refractivity contribution in [3.63, 3.8) is 0 Å². The van der Waals surface area contributed by atoms with Gasteiger partial charge in [-0.2, -0.15) is 0 Å². The number of hydrogen-bond donors (Lipinski definition) is 1. The molecule has 0 aromatic heterocycles. The fraction of sp³-hybridized carbons (Fsp3) is 0.294. The zero-order valence-corrected chi connectivity index (χ0v) is 12.0. The first-order chi connectivity index (χ1) is 9.11. The molecule has 0 aliphatic carbocycles. The van der Waals surface area contributed by atoms with Crippen molar-refractivity contribution in [3.8, 4) is 11.5 Å². The van der Waals surface area contributed by atoms with Crippen LogP contribution in [0.15, 0.2) is 42.5 Å². The molecule has 1 unspecified atom stereocenters. The Labute approximate surface area is 115 Å². The van der Waals surface area contributed by atoms with E-state index >= 15 is 0 Å². The second kappa shape index (κ2) is 5.89. The molecule has 0 aliphatic heterocycles. The maximum Gasteiger partial charge on any atom is 0.133 e. The molecule has 1 atom stereocenters. The van der Waals surface area contributed by atoms with Gasteiger partial charge in [0.1, 0.15) is 11.5 Å². The van der Waals surface area contributed by atoms with Crippen molar-refractivity contribution in [2.45, 2.75) is 26.8 Å². The van der Waals surface area contributed by atoms with Gasteiger partial charge in [-0.15, -0.1) is 0 Å². The highest BCUT2D eigenvalue weighted by Crippen LogP contribution is 2.29. The summed E-state index contributed by atoms with van der Waals surface area (Å²) in [6, 6.07) is 14.8. The van der Waals surface area contributed by atoms with E-state index in [2.05, 4.69) is 56.4 Å². The molecule has 2 rings (SSSR count). The maximum atomic E-state index is 5.99. The summed E-state index contributed by atoms with van der Waals surface area (Å²) in [5, 5.41) is 3.23. The van der Waals surface area contributed by atoms with Crippen molar-refractivity contribution in [2.24, 2.45) is 0 Å². The summed E-state index contributed by atoms with van der Waals surface area (Å²) >= 11 is 0. The van der Waals surface area contributed by atoms with Crippen LogP contribution in [0.4, 0.5) is 0 Å². The highest BCUT2D eigenvalue weighted by Gasteiger charge is 2.06. The standard InChI is InChI=1S/C17H21NO/c1-12-6-5-7-13(2)17(12)19-16-10-8-15(9-11-16)14(3)18-4/h5-11,14,18H,1-4H3. The summed E-state index contributed by atoms with van der Waals surface area (Å²) in [7, 11) is 1.96. The van der Waals surface area contributed by atoms with Gasteiger partial charge in [-0.1, -0.05) is 30.3 Å². The molecule has 0 saturated carbocycles. The Bertz CT molecular complexity index is 525. The molecule has 2 heteroatoms. The second-order valence-corrected chi connectivity index (χ2v) is 4.90. The van der Waals surface area contributed by atoms with Crippen LogP contribution in [0.5, 0.6) is 11.5 Å². The monoisotopic (exact) mass is 255 g/mol. The quantitative estimate of drug-likeness (QED) is 0.875. The molecule has 0 amide bonds. The molecule has 2 nitrogen and oxygen atoms in total. The molecule has 100 valence electrons. The van der Waals surface area contributed by atoms with Gasteiger partial charge in [-0.3, -0.25) is 0 Å². The Hall–Kier alpha value is -1.80. The van der Waals surface area contributed by atoms with Gasteiger partial charge >= 0.3 is 0 Å². The summed E-state index contributed by atoms with van der Waals surface area (Å²) in [6.07, 6.45) is 0. The average Bonchev–Trinajstić information content (AvgIpc) is 2.43. The van der Waals surface area contributed by atoms with Gasteiger partial charge in [-0.25, -0.2) is 0 Å². The van der Waals surface area contributed by atoms with Crippen LogP contribution < -0.4 is 10.1 Å². The van der Waals surface area contributed by atoms with E-state index in [0.29, 0.717) is 6.04 Å². The zero-order chi connectivity index (χ0) is 13.8. The highest BCUT2D eigenvalue weighted by atomic mass is 16.5. The summed E-state index contributed by atoms with van der Waals surface area (Å²) < 4.78 is 5.99. The van der Waals surface area contributed by atoms with Crippen molar-refractivity contribution in [3.05, 3.63) is 59.2 Å². The SMILES string of the molecule is CNC(C)c1ccc(Oc2c(C)cccc2C)cc1. The Morgan fingerprint density at radius 1 is 0.947 bits per heavy atom. The molecule has 2 aromatic carbocycles. The van der Waals surface area contributed by atoms with Gasteiger partial charge in [0.25, 0.3) is 0 Å². The largest absolute Gasteiger partial charge is 0.457 e. The van der Waals surface area contributed by atoms with E-state index in [9.17, 15) is 0 Å². The van der Waals surface area contributed by atoms with Crippen LogP contribution >= 0.6 is 0 Å². The van der Waals surface area contributed by atoms with E-state index in [-0.39, 0.29) is 0 Å². The molecule has 19 heavy (non-hydrogen) atoms. The van der Waals surface area contributed by atoms with Crippen LogP contribution in [0, 0.1) is 13.8 Å². The number of aryl methyl sites for hydroxylation is 2. The number of nitrogens with one attached hydrogen (secondary N) is 1. The minimum atomic E-state index is 0.356. The van der Waals surface area contributed by atoms with Crippen LogP contribution in [0.1, 0.15) is 29.7 Å². The molecule has 0 heterocycles. The summed E-state index contributed by atoms with van der Waals surface area (Å²) in [5.74, 6) is 1.83. The third-order valence-electron chi connectivity index (χ3n) is 3.44. The van der Waals surface area contributed by atoms with Crippen molar-refractivity contribution < 1.29 is 4.74 Å². The zero-order valence-electron chi connectivity index (χ0n) is 12.0. The molecular weight excluding hydrogens is 234 g/mol. The number of para-hydroxylation sites is 1. The Balaban J connectivity index is 2.20. The van der Waals surface area contributed by atoms with Gasteiger partial charge in [-0.05, 0) is 56.6 Å². The predicted octanol–water partition coefficient (Wildman–Crippen LogP) is 4.38. The molecule has 0 spiro atoms. The van der Waals surface area contributed by atoms with Crippen molar-refractivity contribution in [1.29, 1.82) is 0 Å². The second-order valence-electron chi connectivity index (χ2n) is 4.90. The Morgan fingerprint density at radius 3 is 2.05 bits per heavy atom. The van der Waals surface area contributed by atoms with E-state index in [0.717, 1.165) is 22.6 Å². The molecule has 0 radical (unpaired) electrons. The third kappa shape index (κ3) is 3.15. The third-order valence-corrected chi connectivity index (χ3v) is 3.44. The first-order valence-electron chi connectivity index (χ1n) is 6.63. The number of hydrogen-bond acceptors (Lipinski definition) is 2. The summed E-state index contributed by atoms with van der Waals surface area (Å²) in [6.45, 7) is 6.28. The molecule has 0 aliphatic rings. The lowest BCUT2D eigenvalue weighted by Gasteiger charge is -2.14. The van der Waals surface area contributed by atoms with Crippen LogP contribution in [0.25, 0.3) is 0 Å². The van der Waals surface area contributed by atoms with Crippen LogP contribution in [-0.2, 0) is 0 Å². The molecule has 1 N–H and O–H groups in total. The molecule has 2 aromatic rings. The van der Waals surface area contributed by atoms with Crippen molar-refractivity contribution in [1.82, 2.24) is 5.32 Å². The lowest BCUT2D eigenvalue weighted by atomic mass is 10.1. The van der Waals surface area contributed by atoms with E-state index in [1.165, 1.54) is 5.56 Å². The highest BCUT2D eigenvalue weighted by molar-refractivity contribution is 5.43. The van der Waals surface area contributed by atoms with Gasteiger partial charge in [0, 0.05) is 6.04 Å². The molecular formula is C17H21NO. The minimum absolute atomic E-state index is 0.356. The smallest absolute Gasteiger partial charge is 0.133 e. The topological polar surface area (TPSA) is 21.3 Å². The molecule has 0 saturated heterocycles. The average molecular weight is 255 g/mol. The Morgan fingerprint density at radius 2 is 1.53 bits per heavy atom. The van der Waals surface area contributed by atoms with E-state index < -0.39 is 0 Å². The van der Waals surface area contributed by atoms with E-state index in [1.807, 2.05) is 19.2 Å². The number of rotatable bonds is 4. The molecule has 0 bridgehead atoms. The predicted molar refractivity (Wildman–Crippen MR) is 79.9 cm³/mol. The maximum absolute atomic E-state index is 5.99. The fourth-order valence-corrected chi connectivity index (χ4v) is 2.07. The van der Waals surface area contributed by atoms with E-state index in [1.54, 1.807) is 0 Å². The van der Waals surface area contributed by atoms with Crippen LogP contribution in [-0.4, -0.2) is 7.05 Å². The van der Waals surface area contributed by atoms with Crippen molar-refractivity contribution in [2.75, 3.05) is 7.05 Å². The van der Waals surface area contributed by atoms with Crippen LogP contribution in [0.2, 0.25) is 0 Å². The normalized spacial score (nSPS) is 12.2. The minimum Gasteiger partial charge on any atom is -0.457 e. The van der Waals surface area contributed by atoms with Gasteiger partial charge in [0.05, 0.1) is 0 Å². The van der Waals surface area contributed by atoms with Crippen molar-refractivity contribution >= 4 is 0 Å². The van der Waals surface area contributed by atoms with Gasteiger partial charge < -0.3 is 10.1 Å².